The van der Waals surface area contributed by atoms with E-state index in [1.165, 1.54) is 19.3 Å². The van der Waals surface area contributed by atoms with Crippen molar-refractivity contribution in [3.8, 4) is 11.4 Å². The molecule has 2 aromatic heterocycles. The molecule has 0 radical (unpaired) electrons. The molecule has 4 heterocycles. The Morgan fingerprint density at radius 2 is 2.09 bits per heavy atom. The Morgan fingerprint density at radius 1 is 1.22 bits per heavy atom. The molecule has 2 aliphatic heterocycles. The lowest BCUT2D eigenvalue weighted by molar-refractivity contribution is 0.418. The van der Waals surface area contributed by atoms with Crippen LogP contribution >= 0.6 is 0 Å². The van der Waals surface area contributed by atoms with Crippen LogP contribution in [0.25, 0.3) is 11.4 Å². The summed E-state index contributed by atoms with van der Waals surface area (Å²) >= 11 is 0. The Labute approximate surface area is 137 Å². The average Bonchev–Trinajstić information content (AvgIpc) is 3.25. The van der Waals surface area contributed by atoms with Crippen molar-refractivity contribution in [2.45, 2.75) is 38.1 Å². The van der Waals surface area contributed by atoms with Crippen molar-refractivity contribution in [3.63, 3.8) is 0 Å². The first-order valence-electron chi connectivity index (χ1n) is 8.56. The first kappa shape index (κ1) is 14.6. The van der Waals surface area contributed by atoms with Gasteiger partial charge < -0.3 is 10.2 Å². The topological polar surface area (TPSA) is 53.9 Å². The quantitative estimate of drug-likeness (QED) is 0.944. The molecule has 5 heteroatoms. The fourth-order valence-electron chi connectivity index (χ4n) is 3.74. The van der Waals surface area contributed by atoms with Crippen molar-refractivity contribution >= 4 is 5.82 Å². The van der Waals surface area contributed by atoms with Crippen LogP contribution in [0, 0.1) is 0 Å². The molecule has 2 saturated heterocycles. The number of nitrogens with zero attached hydrogens (tertiary/aromatic N) is 4. The molecule has 0 bridgehead atoms. The van der Waals surface area contributed by atoms with Gasteiger partial charge in [-0.3, -0.25) is 4.98 Å². The van der Waals surface area contributed by atoms with Crippen molar-refractivity contribution < 1.29 is 0 Å². The van der Waals surface area contributed by atoms with Crippen LogP contribution in [-0.4, -0.2) is 40.1 Å². The van der Waals surface area contributed by atoms with Crippen molar-refractivity contribution in [2.24, 2.45) is 0 Å². The van der Waals surface area contributed by atoms with E-state index in [2.05, 4.69) is 28.2 Å². The van der Waals surface area contributed by atoms with Gasteiger partial charge in [-0.05, 0) is 44.4 Å². The predicted molar refractivity (Wildman–Crippen MR) is 91.4 cm³/mol. The zero-order valence-corrected chi connectivity index (χ0v) is 13.6. The monoisotopic (exact) mass is 309 g/mol. The minimum atomic E-state index is 0.314. The van der Waals surface area contributed by atoms with Gasteiger partial charge in [0, 0.05) is 48.3 Å². The van der Waals surface area contributed by atoms with Gasteiger partial charge in [0.2, 0.25) is 0 Å². The zero-order chi connectivity index (χ0) is 15.7. The molecule has 1 spiro atoms. The molecule has 120 valence electrons. The van der Waals surface area contributed by atoms with Crippen LogP contribution < -0.4 is 10.2 Å². The summed E-state index contributed by atoms with van der Waals surface area (Å²) in [5.41, 5.74) is 2.44. The number of hydrogen-bond acceptors (Lipinski definition) is 5. The van der Waals surface area contributed by atoms with Gasteiger partial charge in [-0.2, -0.15) is 0 Å². The van der Waals surface area contributed by atoms with Gasteiger partial charge in [-0.1, -0.05) is 6.92 Å². The number of pyridine rings is 1. The van der Waals surface area contributed by atoms with Gasteiger partial charge in [0.1, 0.15) is 5.82 Å². The van der Waals surface area contributed by atoms with Crippen LogP contribution in [0.3, 0.4) is 0 Å². The van der Waals surface area contributed by atoms with Gasteiger partial charge >= 0.3 is 0 Å². The lowest BCUT2D eigenvalue weighted by Gasteiger charge is -2.25. The van der Waals surface area contributed by atoms with E-state index in [-0.39, 0.29) is 0 Å². The Hall–Kier alpha value is -2.01. The summed E-state index contributed by atoms with van der Waals surface area (Å²) in [5, 5.41) is 3.71. The predicted octanol–water partition coefficient (Wildman–Crippen LogP) is 2.43. The van der Waals surface area contributed by atoms with Crippen LogP contribution in [-0.2, 0) is 6.42 Å². The molecule has 1 N–H and O–H groups in total. The molecule has 5 nitrogen and oxygen atoms in total. The zero-order valence-electron chi connectivity index (χ0n) is 13.6. The van der Waals surface area contributed by atoms with Crippen LogP contribution in [0.4, 0.5) is 5.82 Å². The van der Waals surface area contributed by atoms with E-state index in [0.717, 1.165) is 49.0 Å². The van der Waals surface area contributed by atoms with E-state index in [9.17, 15) is 0 Å². The molecule has 0 aliphatic carbocycles. The van der Waals surface area contributed by atoms with Gasteiger partial charge in [-0.15, -0.1) is 0 Å². The Bertz CT molecular complexity index is 679. The molecule has 23 heavy (non-hydrogen) atoms. The van der Waals surface area contributed by atoms with Crippen molar-refractivity contribution in [3.05, 3.63) is 36.3 Å². The van der Waals surface area contributed by atoms with Gasteiger partial charge in [-0.25, -0.2) is 9.97 Å². The molecule has 0 aromatic carbocycles. The molecule has 2 aliphatic rings. The summed E-state index contributed by atoms with van der Waals surface area (Å²) in [6.45, 7) is 5.43. The minimum absolute atomic E-state index is 0.314. The summed E-state index contributed by atoms with van der Waals surface area (Å²) in [7, 11) is 0. The van der Waals surface area contributed by atoms with Crippen LogP contribution in [0.15, 0.2) is 30.6 Å². The molecule has 1 unspecified atom stereocenters. The third-order valence-corrected chi connectivity index (χ3v) is 5.08. The SMILES string of the molecule is CCc1cc(N2CCC3(CCCN3)C2)nc(-c2ccncc2)n1. The highest BCUT2D eigenvalue weighted by Gasteiger charge is 2.40. The lowest BCUT2D eigenvalue weighted by Crippen LogP contribution is -2.42. The number of rotatable bonds is 3. The summed E-state index contributed by atoms with van der Waals surface area (Å²) in [6, 6.07) is 6.10. The first-order chi connectivity index (χ1) is 11.3. The van der Waals surface area contributed by atoms with E-state index in [1.54, 1.807) is 12.4 Å². The second-order valence-corrected chi connectivity index (χ2v) is 6.61. The highest BCUT2D eigenvalue weighted by atomic mass is 15.3. The number of nitrogens with one attached hydrogen (secondary N) is 1. The lowest BCUT2D eigenvalue weighted by atomic mass is 9.97. The first-order valence-corrected chi connectivity index (χ1v) is 8.56. The molecule has 0 amide bonds. The molecule has 2 fully saturated rings. The van der Waals surface area contributed by atoms with Gasteiger partial charge in [0.15, 0.2) is 5.82 Å². The van der Waals surface area contributed by atoms with Crippen molar-refractivity contribution in [1.82, 2.24) is 20.3 Å². The average molecular weight is 309 g/mol. The van der Waals surface area contributed by atoms with Gasteiger partial charge in [0.05, 0.1) is 0 Å². The van der Waals surface area contributed by atoms with Gasteiger partial charge in [0.25, 0.3) is 0 Å². The van der Waals surface area contributed by atoms with E-state index in [4.69, 9.17) is 9.97 Å². The van der Waals surface area contributed by atoms with Crippen molar-refractivity contribution in [1.29, 1.82) is 0 Å². The van der Waals surface area contributed by atoms with Crippen LogP contribution in [0.1, 0.15) is 31.9 Å². The molecule has 4 rings (SSSR count). The van der Waals surface area contributed by atoms with E-state index in [1.807, 2.05) is 12.1 Å². The molecule has 0 saturated carbocycles. The fourth-order valence-corrected chi connectivity index (χ4v) is 3.74. The Morgan fingerprint density at radius 3 is 2.83 bits per heavy atom. The second kappa shape index (κ2) is 5.89. The number of aryl methyl sites for hydroxylation is 1. The third kappa shape index (κ3) is 2.81. The van der Waals surface area contributed by atoms with Crippen LogP contribution in [0.2, 0.25) is 0 Å². The summed E-state index contributed by atoms with van der Waals surface area (Å²) < 4.78 is 0. The highest BCUT2D eigenvalue weighted by Crippen LogP contribution is 2.33. The largest absolute Gasteiger partial charge is 0.355 e. The number of anilines is 1. The summed E-state index contributed by atoms with van der Waals surface area (Å²) in [4.78, 5) is 16.1. The van der Waals surface area contributed by atoms with E-state index in [0.29, 0.717) is 5.54 Å². The van der Waals surface area contributed by atoms with Crippen LogP contribution in [0.5, 0.6) is 0 Å². The molecule has 2 aromatic rings. The third-order valence-electron chi connectivity index (χ3n) is 5.08. The van der Waals surface area contributed by atoms with E-state index >= 15 is 0 Å². The maximum Gasteiger partial charge on any atom is 0.161 e. The highest BCUT2D eigenvalue weighted by molar-refractivity contribution is 5.57. The Balaban J connectivity index is 1.66. The maximum absolute atomic E-state index is 4.85. The maximum atomic E-state index is 4.85. The van der Waals surface area contributed by atoms with Crippen molar-refractivity contribution in [2.75, 3.05) is 24.5 Å². The van der Waals surface area contributed by atoms with E-state index < -0.39 is 0 Å². The summed E-state index contributed by atoms with van der Waals surface area (Å²) in [5.74, 6) is 1.87. The molecular weight excluding hydrogens is 286 g/mol. The fraction of sp³-hybridized carbons (Fsp3) is 0.500. The smallest absolute Gasteiger partial charge is 0.161 e. The Kier molecular flexibility index (Phi) is 3.73. The number of aromatic nitrogens is 3. The molecule has 1 atom stereocenters. The summed E-state index contributed by atoms with van der Waals surface area (Å²) in [6.07, 6.45) is 8.30. The number of hydrogen-bond donors (Lipinski definition) is 1. The normalized spacial score (nSPS) is 23.8. The second-order valence-electron chi connectivity index (χ2n) is 6.61. The minimum Gasteiger partial charge on any atom is -0.355 e. The standard InChI is InChI=1S/C18H23N5/c1-2-15-12-16(22-17(21-15)14-4-9-19-10-5-14)23-11-7-18(13-23)6-3-8-20-18/h4-5,9-10,12,20H,2-3,6-8,11,13H2,1H3. The molecular formula is C18H23N5.